The fourth-order valence-corrected chi connectivity index (χ4v) is 7.04. The van der Waals surface area contributed by atoms with Crippen molar-refractivity contribution in [1.29, 1.82) is 0 Å². The monoisotopic (exact) mass is 676 g/mol. The highest BCUT2D eigenvalue weighted by Crippen LogP contribution is 2.27. The first-order chi connectivity index (χ1) is 22.0. The number of carbonyl (C=O) groups is 1. The van der Waals surface area contributed by atoms with Crippen molar-refractivity contribution in [1.82, 2.24) is 9.79 Å². The van der Waals surface area contributed by atoms with Crippen LogP contribution in [0.5, 0.6) is 5.75 Å². The molecule has 2 atom stereocenters. The zero-order chi connectivity index (χ0) is 33.2. The fourth-order valence-electron chi connectivity index (χ4n) is 4.58. The van der Waals surface area contributed by atoms with Crippen LogP contribution < -0.4 is 10.2 Å². The van der Waals surface area contributed by atoms with E-state index < -0.39 is 50.6 Å². The molecule has 1 unspecified atom stereocenters. The molecule has 14 heteroatoms. The smallest absolute Gasteiger partial charge is 0.297 e. The zero-order valence-corrected chi connectivity index (χ0v) is 27.0. The minimum atomic E-state index is -4.41. The second kappa shape index (κ2) is 16.3. The average Bonchev–Trinajstić information content (AvgIpc) is 3.05. The van der Waals surface area contributed by atoms with Crippen LogP contribution in [0.15, 0.2) is 101 Å². The molecule has 0 radical (unpaired) electrons. The molecule has 0 saturated carbocycles. The number of sulfonamides is 1. The molecular weight excluding hydrogens is 639 g/mol. The quantitative estimate of drug-likeness (QED) is 0.129. The van der Waals surface area contributed by atoms with E-state index in [9.17, 15) is 26.0 Å². The van der Waals surface area contributed by atoms with Crippen molar-refractivity contribution in [3.8, 4) is 5.75 Å². The number of nitrogens with zero attached hydrogens (tertiary/aromatic N) is 1. The van der Waals surface area contributed by atoms with E-state index in [2.05, 4.69) is 12.1 Å². The molecule has 46 heavy (non-hydrogen) atoms. The molecule has 4 rings (SSSR count). The third-order valence-corrected chi connectivity index (χ3v) is 10.2. The van der Waals surface area contributed by atoms with Crippen LogP contribution in [0.1, 0.15) is 36.8 Å². The maximum absolute atomic E-state index is 14.3. The zero-order valence-electron chi connectivity index (χ0n) is 25.3. The van der Waals surface area contributed by atoms with Crippen LogP contribution in [0.2, 0.25) is 0 Å². The predicted octanol–water partition coefficient (Wildman–Crippen LogP) is 4.79. The number of amides is 1. The molecule has 1 fully saturated rings. The first-order valence-electron chi connectivity index (χ1n) is 14.6. The Morgan fingerprint density at radius 3 is 2.28 bits per heavy atom. The highest BCUT2D eigenvalue weighted by Gasteiger charge is 2.37. The van der Waals surface area contributed by atoms with Crippen LogP contribution >= 0.6 is 0 Å². The van der Waals surface area contributed by atoms with Gasteiger partial charge in [0.2, 0.25) is 10.0 Å². The Balaban J connectivity index is 1.48. The van der Waals surface area contributed by atoms with E-state index in [1.165, 1.54) is 36.4 Å². The van der Waals surface area contributed by atoms with E-state index in [1.807, 2.05) is 6.92 Å². The number of benzene rings is 3. The Morgan fingerprint density at radius 2 is 1.65 bits per heavy atom. The molecule has 1 N–H and O–H groups in total. The van der Waals surface area contributed by atoms with Crippen molar-refractivity contribution in [2.45, 2.75) is 61.3 Å². The molecule has 1 saturated heterocycles. The summed E-state index contributed by atoms with van der Waals surface area (Å²) in [5.41, 5.74) is 3.72. The van der Waals surface area contributed by atoms with E-state index in [1.54, 1.807) is 42.5 Å². The molecule has 11 nitrogen and oxygen atoms in total. The summed E-state index contributed by atoms with van der Waals surface area (Å²) in [6.07, 6.45) is 0.912. The van der Waals surface area contributed by atoms with Gasteiger partial charge in [-0.1, -0.05) is 54.6 Å². The second-order valence-corrected chi connectivity index (χ2v) is 14.1. The average molecular weight is 677 g/mol. The number of nitrogens with one attached hydrogen (secondary N) is 1. The molecule has 0 aromatic heterocycles. The van der Waals surface area contributed by atoms with Gasteiger partial charge >= 0.3 is 0 Å². The maximum atomic E-state index is 14.3. The van der Waals surface area contributed by atoms with Gasteiger partial charge in [-0.25, -0.2) is 23.1 Å². The Kier molecular flexibility index (Phi) is 12.4. The lowest BCUT2D eigenvalue weighted by atomic mass is 10.1. The van der Waals surface area contributed by atoms with Crippen LogP contribution in [-0.2, 0) is 45.2 Å². The van der Waals surface area contributed by atoms with Crippen molar-refractivity contribution in [2.75, 3.05) is 19.8 Å². The molecule has 0 bridgehead atoms. The van der Waals surface area contributed by atoms with Crippen molar-refractivity contribution in [3.63, 3.8) is 0 Å². The SMILES string of the molecule is C=C(F)C[C@@H](C(=O)NOC1CCCCO1)N(Cc1ccccc1)S(=O)(=O)c1ccc(OCCOS(=O)(=O)c2ccc(C)cc2)cc1. The summed E-state index contributed by atoms with van der Waals surface area (Å²) in [6.45, 7) is 4.88. The highest BCUT2D eigenvalue weighted by molar-refractivity contribution is 7.89. The van der Waals surface area contributed by atoms with E-state index in [-0.39, 0.29) is 35.3 Å². The predicted molar refractivity (Wildman–Crippen MR) is 167 cm³/mol. The molecule has 0 spiro atoms. The number of rotatable bonds is 16. The molecule has 3 aromatic rings. The van der Waals surface area contributed by atoms with Gasteiger partial charge in [-0.3, -0.25) is 8.98 Å². The minimum Gasteiger partial charge on any atom is -0.491 e. The Labute approximate surface area is 269 Å². The standard InChI is InChI=1S/C32H37FN2O9S2/c1-24-11-15-29(16-12-24)46(39,40)43-21-20-41-27-13-17-28(18-14-27)45(37,38)35(23-26-8-4-3-5-9-26)30(22-25(2)33)32(36)34-44-31-10-6-7-19-42-31/h3-5,8-9,11-18,30-31H,2,6-7,10,19-23H2,1H3,(H,34,36)/t30-,31?/m0/s1. The van der Waals surface area contributed by atoms with Crippen molar-refractivity contribution < 1.29 is 44.5 Å². The molecule has 1 aliphatic heterocycles. The van der Waals surface area contributed by atoms with E-state index >= 15 is 0 Å². The number of hydrogen-bond donors (Lipinski definition) is 1. The summed E-state index contributed by atoms with van der Waals surface area (Å²) in [5.74, 6) is -1.53. The van der Waals surface area contributed by atoms with Gasteiger partial charge in [-0.2, -0.15) is 12.7 Å². The molecule has 1 aliphatic rings. The van der Waals surface area contributed by atoms with Crippen LogP contribution in [0.4, 0.5) is 4.39 Å². The number of ether oxygens (including phenoxy) is 2. The normalized spacial score (nSPS) is 16.1. The third kappa shape index (κ3) is 9.92. The van der Waals surface area contributed by atoms with Crippen molar-refractivity contribution in [2.24, 2.45) is 0 Å². The van der Waals surface area contributed by atoms with E-state index in [4.69, 9.17) is 18.5 Å². The summed E-state index contributed by atoms with van der Waals surface area (Å²) < 4.78 is 84.0. The number of aryl methyl sites for hydroxylation is 1. The van der Waals surface area contributed by atoms with Gasteiger partial charge in [-0.05, 0) is 61.7 Å². The lowest BCUT2D eigenvalue weighted by Crippen LogP contribution is -2.50. The lowest BCUT2D eigenvalue weighted by Gasteiger charge is -2.30. The number of halogens is 1. The third-order valence-electron chi connectivity index (χ3n) is 7.01. The summed E-state index contributed by atoms with van der Waals surface area (Å²) in [7, 11) is -8.38. The Hall–Kier alpha value is -3.66. The van der Waals surface area contributed by atoms with E-state index in [0.717, 1.165) is 22.7 Å². The van der Waals surface area contributed by atoms with Gasteiger partial charge < -0.3 is 9.47 Å². The first-order valence-corrected chi connectivity index (χ1v) is 17.5. The number of carbonyl (C=O) groups excluding carboxylic acids is 1. The summed E-state index contributed by atoms with van der Waals surface area (Å²) in [5, 5.41) is 0. The Morgan fingerprint density at radius 1 is 0.978 bits per heavy atom. The van der Waals surface area contributed by atoms with Crippen molar-refractivity contribution in [3.05, 3.63) is 102 Å². The fraction of sp³-hybridized carbons (Fsp3) is 0.344. The van der Waals surface area contributed by atoms with Crippen molar-refractivity contribution >= 4 is 26.0 Å². The first kappa shape index (κ1) is 35.2. The molecule has 1 heterocycles. The highest BCUT2D eigenvalue weighted by atomic mass is 32.2. The van der Waals surface area contributed by atoms with Gasteiger partial charge in [0.05, 0.1) is 15.6 Å². The van der Waals surface area contributed by atoms with Gasteiger partial charge in [-0.15, -0.1) is 0 Å². The summed E-state index contributed by atoms with van der Waals surface area (Å²) in [4.78, 5) is 18.5. The van der Waals surface area contributed by atoms with Gasteiger partial charge in [0.25, 0.3) is 16.0 Å². The molecule has 1 amide bonds. The molecular formula is C32H37FN2O9S2. The maximum Gasteiger partial charge on any atom is 0.297 e. The van der Waals surface area contributed by atoms with Crippen LogP contribution in [0.3, 0.4) is 0 Å². The number of hydrogen-bond acceptors (Lipinski definition) is 9. The van der Waals surface area contributed by atoms with Crippen LogP contribution in [0, 0.1) is 6.92 Å². The van der Waals surface area contributed by atoms with Gasteiger partial charge in [0, 0.05) is 26.0 Å². The van der Waals surface area contributed by atoms with Gasteiger partial charge in [0.1, 0.15) is 25.0 Å². The largest absolute Gasteiger partial charge is 0.491 e. The summed E-state index contributed by atoms with van der Waals surface area (Å²) in [6, 6.07) is 18.5. The Bertz CT molecular complexity index is 1660. The van der Waals surface area contributed by atoms with Gasteiger partial charge in [0.15, 0.2) is 6.29 Å². The number of hydroxylamine groups is 1. The molecule has 3 aromatic carbocycles. The second-order valence-electron chi connectivity index (χ2n) is 10.6. The van der Waals surface area contributed by atoms with E-state index in [0.29, 0.717) is 18.6 Å². The summed E-state index contributed by atoms with van der Waals surface area (Å²) >= 11 is 0. The minimum absolute atomic E-state index is 0.0184. The molecule has 248 valence electrons. The topological polar surface area (TPSA) is 138 Å². The van der Waals surface area contributed by atoms with Crippen LogP contribution in [-0.4, -0.2) is 59.2 Å². The lowest BCUT2D eigenvalue weighted by molar-refractivity contribution is -0.202. The molecule has 0 aliphatic carbocycles. The van der Waals surface area contributed by atoms with Crippen LogP contribution in [0.25, 0.3) is 0 Å².